The molecule has 0 saturated carbocycles. The summed E-state index contributed by atoms with van der Waals surface area (Å²) in [5.41, 5.74) is 6.08. The Balaban J connectivity index is 1.64. The standard InChI is InChI=1S/C19H26FN3O3/c20-17-5-4-14(23-9-1-3-18(23)24)13-16(17)19(25)22-10-6-15(7-11-22)26-12-2-8-21/h4-5,13,15H,1-3,6-12,21H2. The number of amides is 2. The largest absolute Gasteiger partial charge is 0.378 e. The molecule has 3 rings (SSSR count). The lowest BCUT2D eigenvalue weighted by Crippen LogP contribution is -2.41. The van der Waals surface area contributed by atoms with Crippen molar-refractivity contribution >= 4 is 17.5 Å². The first-order chi connectivity index (χ1) is 12.6. The average molecular weight is 363 g/mol. The van der Waals surface area contributed by atoms with E-state index >= 15 is 0 Å². The van der Waals surface area contributed by atoms with Crippen LogP contribution in [0.2, 0.25) is 0 Å². The van der Waals surface area contributed by atoms with E-state index in [4.69, 9.17) is 10.5 Å². The van der Waals surface area contributed by atoms with Gasteiger partial charge in [-0.05, 0) is 50.4 Å². The number of carbonyl (C=O) groups excluding carboxylic acids is 2. The number of halogens is 1. The Morgan fingerprint density at radius 1 is 1.27 bits per heavy atom. The van der Waals surface area contributed by atoms with Gasteiger partial charge >= 0.3 is 0 Å². The molecule has 0 aliphatic carbocycles. The molecular weight excluding hydrogens is 337 g/mol. The van der Waals surface area contributed by atoms with Crippen LogP contribution in [0.4, 0.5) is 10.1 Å². The molecule has 26 heavy (non-hydrogen) atoms. The number of piperidine rings is 1. The Morgan fingerprint density at radius 3 is 2.69 bits per heavy atom. The molecule has 2 amide bonds. The number of likely N-dealkylation sites (tertiary alicyclic amines) is 1. The van der Waals surface area contributed by atoms with Gasteiger partial charge in [-0.25, -0.2) is 4.39 Å². The van der Waals surface area contributed by atoms with Gasteiger partial charge in [-0.2, -0.15) is 0 Å². The lowest BCUT2D eigenvalue weighted by Gasteiger charge is -2.32. The predicted molar refractivity (Wildman–Crippen MR) is 96.5 cm³/mol. The molecule has 2 N–H and O–H groups in total. The van der Waals surface area contributed by atoms with Gasteiger partial charge < -0.3 is 20.3 Å². The Labute approximate surface area is 153 Å². The van der Waals surface area contributed by atoms with Gasteiger partial charge in [0.2, 0.25) is 5.91 Å². The van der Waals surface area contributed by atoms with E-state index < -0.39 is 5.82 Å². The van der Waals surface area contributed by atoms with Gasteiger partial charge in [0.05, 0.1) is 11.7 Å². The minimum Gasteiger partial charge on any atom is -0.378 e. The molecule has 142 valence electrons. The lowest BCUT2D eigenvalue weighted by molar-refractivity contribution is -0.117. The summed E-state index contributed by atoms with van der Waals surface area (Å²) in [5, 5.41) is 0. The van der Waals surface area contributed by atoms with Crippen LogP contribution in [0.15, 0.2) is 18.2 Å². The van der Waals surface area contributed by atoms with E-state index in [1.807, 2.05) is 0 Å². The van der Waals surface area contributed by atoms with E-state index in [-0.39, 0.29) is 23.5 Å². The minimum atomic E-state index is -0.549. The highest BCUT2D eigenvalue weighted by Gasteiger charge is 2.28. The molecule has 0 atom stereocenters. The summed E-state index contributed by atoms with van der Waals surface area (Å²) in [6.07, 6.45) is 3.72. The van der Waals surface area contributed by atoms with Crippen molar-refractivity contribution in [2.75, 3.05) is 37.7 Å². The highest BCUT2D eigenvalue weighted by atomic mass is 19.1. The molecule has 0 spiro atoms. The number of anilines is 1. The van der Waals surface area contributed by atoms with Crippen molar-refractivity contribution in [1.82, 2.24) is 4.90 Å². The summed E-state index contributed by atoms with van der Waals surface area (Å²) in [5.74, 6) is -0.853. The van der Waals surface area contributed by atoms with E-state index in [1.165, 1.54) is 12.1 Å². The molecule has 1 aromatic rings. The Kier molecular flexibility index (Phi) is 6.21. The summed E-state index contributed by atoms with van der Waals surface area (Å²) >= 11 is 0. The van der Waals surface area contributed by atoms with Crippen LogP contribution < -0.4 is 10.6 Å². The lowest BCUT2D eigenvalue weighted by atomic mass is 10.1. The van der Waals surface area contributed by atoms with Crippen molar-refractivity contribution < 1.29 is 18.7 Å². The Hall–Kier alpha value is -1.99. The number of carbonyl (C=O) groups is 2. The van der Waals surface area contributed by atoms with E-state index in [9.17, 15) is 14.0 Å². The van der Waals surface area contributed by atoms with Gasteiger partial charge in [0, 0.05) is 38.3 Å². The topological polar surface area (TPSA) is 75.9 Å². The van der Waals surface area contributed by atoms with Crippen LogP contribution in [0.5, 0.6) is 0 Å². The summed E-state index contributed by atoms with van der Waals surface area (Å²) < 4.78 is 20.0. The molecule has 2 fully saturated rings. The number of nitrogens with two attached hydrogens (primary N) is 1. The number of ether oxygens (including phenoxy) is 1. The maximum absolute atomic E-state index is 14.3. The number of rotatable bonds is 6. The molecule has 1 aromatic carbocycles. The molecule has 6 nitrogen and oxygen atoms in total. The smallest absolute Gasteiger partial charge is 0.256 e. The molecule has 0 radical (unpaired) electrons. The first-order valence-electron chi connectivity index (χ1n) is 9.31. The first kappa shape index (κ1) is 18.8. The average Bonchev–Trinajstić information content (AvgIpc) is 3.08. The third-order valence-electron chi connectivity index (χ3n) is 5.00. The van der Waals surface area contributed by atoms with Gasteiger partial charge in [0.25, 0.3) is 5.91 Å². The molecule has 2 aliphatic heterocycles. The third-order valence-corrected chi connectivity index (χ3v) is 5.00. The molecule has 0 unspecified atom stereocenters. The quantitative estimate of drug-likeness (QED) is 0.784. The number of hydrogen-bond acceptors (Lipinski definition) is 4. The fourth-order valence-corrected chi connectivity index (χ4v) is 3.50. The predicted octanol–water partition coefficient (Wildman–Crippen LogP) is 1.92. The zero-order valence-corrected chi connectivity index (χ0v) is 15.0. The molecule has 7 heteroatoms. The van der Waals surface area contributed by atoms with Crippen molar-refractivity contribution in [3.05, 3.63) is 29.6 Å². The van der Waals surface area contributed by atoms with Crippen LogP contribution >= 0.6 is 0 Å². The van der Waals surface area contributed by atoms with E-state index in [0.29, 0.717) is 44.9 Å². The number of nitrogens with zero attached hydrogens (tertiary/aromatic N) is 2. The highest BCUT2D eigenvalue weighted by Crippen LogP contribution is 2.25. The van der Waals surface area contributed by atoms with Crippen LogP contribution in [0, 0.1) is 5.82 Å². The van der Waals surface area contributed by atoms with Crippen molar-refractivity contribution in [2.24, 2.45) is 5.73 Å². The van der Waals surface area contributed by atoms with Crippen LogP contribution in [-0.4, -0.2) is 55.6 Å². The van der Waals surface area contributed by atoms with Gasteiger partial charge in [0.15, 0.2) is 0 Å². The van der Waals surface area contributed by atoms with Gasteiger partial charge in [-0.3, -0.25) is 9.59 Å². The van der Waals surface area contributed by atoms with Gasteiger partial charge in [-0.15, -0.1) is 0 Å². The van der Waals surface area contributed by atoms with Crippen LogP contribution in [-0.2, 0) is 9.53 Å². The second-order valence-corrected chi connectivity index (χ2v) is 6.82. The van der Waals surface area contributed by atoms with Crippen LogP contribution in [0.25, 0.3) is 0 Å². The summed E-state index contributed by atoms with van der Waals surface area (Å²) in [6.45, 7) is 2.93. The van der Waals surface area contributed by atoms with Crippen molar-refractivity contribution in [3.63, 3.8) is 0 Å². The second kappa shape index (κ2) is 8.60. The molecule has 0 aromatic heterocycles. The highest BCUT2D eigenvalue weighted by molar-refractivity contribution is 5.99. The number of benzene rings is 1. The Bertz CT molecular complexity index is 659. The molecule has 2 aliphatic rings. The fourth-order valence-electron chi connectivity index (χ4n) is 3.50. The van der Waals surface area contributed by atoms with E-state index in [1.54, 1.807) is 15.9 Å². The molecule has 2 heterocycles. The molecule has 0 bridgehead atoms. The van der Waals surface area contributed by atoms with Gasteiger partial charge in [-0.1, -0.05) is 0 Å². The zero-order chi connectivity index (χ0) is 18.5. The normalized spacial score (nSPS) is 18.6. The summed E-state index contributed by atoms with van der Waals surface area (Å²) in [4.78, 5) is 27.9. The van der Waals surface area contributed by atoms with Crippen LogP contribution in [0.1, 0.15) is 42.5 Å². The minimum absolute atomic E-state index is 0.0189. The molecule has 2 saturated heterocycles. The van der Waals surface area contributed by atoms with E-state index in [0.717, 1.165) is 25.7 Å². The maximum Gasteiger partial charge on any atom is 0.256 e. The SMILES string of the molecule is NCCCOC1CCN(C(=O)c2cc(N3CCCC3=O)ccc2F)CC1. The van der Waals surface area contributed by atoms with Crippen LogP contribution in [0.3, 0.4) is 0 Å². The fraction of sp³-hybridized carbons (Fsp3) is 0.579. The van der Waals surface area contributed by atoms with Gasteiger partial charge in [0.1, 0.15) is 5.82 Å². The second-order valence-electron chi connectivity index (χ2n) is 6.82. The monoisotopic (exact) mass is 363 g/mol. The first-order valence-corrected chi connectivity index (χ1v) is 9.31. The third kappa shape index (κ3) is 4.22. The summed E-state index contributed by atoms with van der Waals surface area (Å²) in [7, 11) is 0. The Morgan fingerprint density at radius 2 is 2.04 bits per heavy atom. The van der Waals surface area contributed by atoms with Crippen molar-refractivity contribution in [3.8, 4) is 0 Å². The number of hydrogen-bond donors (Lipinski definition) is 1. The van der Waals surface area contributed by atoms with Crippen molar-refractivity contribution in [2.45, 2.75) is 38.2 Å². The van der Waals surface area contributed by atoms with Crippen molar-refractivity contribution in [1.29, 1.82) is 0 Å². The summed E-state index contributed by atoms with van der Waals surface area (Å²) in [6, 6.07) is 4.34. The van der Waals surface area contributed by atoms with E-state index in [2.05, 4.69) is 0 Å². The zero-order valence-electron chi connectivity index (χ0n) is 15.0. The maximum atomic E-state index is 14.3. The molecular formula is C19H26FN3O3.